The zero-order chi connectivity index (χ0) is 17.1. The Balaban J connectivity index is 1.91. The van der Waals surface area contributed by atoms with Gasteiger partial charge in [0.15, 0.2) is 11.6 Å². The third-order valence-electron chi connectivity index (χ3n) is 3.60. The molecule has 2 nitrogen and oxygen atoms in total. The van der Waals surface area contributed by atoms with Gasteiger partial charge < -0.3 is 0 Å². The van der Waals surface area contributed by atoms with Gasteiger partial charge in [0.2, 0.25) is 0 Å². The normalized spacial score (nSPS) is 10.4. The molecule has 0 unspecified atom stereocenters. The lowest BCUT2D eigenvalue weighted by molar-refractivity contribution is 0.103. The van der Waals surface area contributed by atoms with Crippen LogP contribution in [0.3, 0.4) is 0 Å². The molecule has 3 rings (SSSR count). The van der Waals surface area contributed by atoms with Crippen LogP contribution < -0.4 is 0 Å². The molecule has 0 saturated heterocycles. The molecule has 0 aliphatic heterocycles. The molecule has 0 N–H and O–H groups in total. The van der Waals surface area contributed by atoms with Crippen LogP contribution in [0.4, 0.5) is 0 Å². The summed E-state index contributed by atoms with van der Waals surface area (Å²) in [5.74, 6) is -0.207. The highest BCUT2D eigenvalue weighted by Crippen LogP contribution is 2.18. The average molecular weight is 444 g/mol. The SMILES string of the molecule is O=C(c1ccc(Br)cc1)c1cccc(C(=O)c2ccc(Br)cc2)c1. The van der Waals surface area contributed by atoms with Gasteiger partial charge in [-0.25, -0.2) is 0 Å². The van der Waals surface area contributed by atoms with Gasteiger partial charge in [0.1, 0.15) is 0 Å². The number of halogens is 2. The number of ketones is 2. The maximum absolute atomic E-state index is 12.6. The predicted octanol–water partition coefficient (Wildman–Crippen LogP) is 5.67. The number of hydrogen-bond acceptors (Lipinski definition) is 2. The fraction of sp³-hybridized carbons (Fsp3) is 0. The molecule has 3 aromatic rings. The van der Waals surface area contributed by atoms with Crippen molar-refractivity contribution in [3.8, 4) is 0 Å². The third-order valence-corrected chi connectivity index (χ3v) is 4.66. The molecular weight excluding hydrogens is 432 g/mol. The van der Waals surface area contributed by atoms with Crippen molar-refractivity contribution in [1.82, 2.24) is 0 Å². The van der Waals surface area contributed by atoms with Gasteiger partial charge in [0.05, 0.1) is 0 Å². The van der Waals surface area contributed by atoms with Crippen molar-refractivity contribution in [3.63, 3.8) is 0 Å². The van der Waals surface area contributed by atoms with Gasteiger partial charge in [0, 0.05) is 31.2 Å². The third kappa shape index (κ3) is 3.71. The standard InChI is InChI=1S/C20H12Br2O2/c21-17-8-4-13(5-9-17)19(23)15-2-1-3-16(12-15)20(24)14-6-10-18(22)11-7-14/h1-12H. The van der Waals surface area contributed by atoms with Crippen LogP contribution in [0.5, 0.6) is 0 Å². The lowest BCUT2D eigenvalue weighted by Gasteiger charge is -2.05. The Morgan fingerprint density at radius 3 is 1.29 bits per heavy atom. The van der Waals surface area contributed by atoms with E-state index in [0.29, 0.717) is 22.3 Å². The number of benzene rings is 3. The van der Waals surface area contributed by atoms with Crippen molar-refractivity contribution in [1.29, 1.82) is 0 Å². The molecule has 0 aromatic heterocycles. The molecule has 0 fully saturated rings. The Morgan fingerprint density at radius 1 is 0.542 bits per heavy atom. The minimum Gasteiger partial charge on any atom is -0.289 e. The predicted molar refractivity (Wildman–Crippen MR) is 102 cm³/mol. The first-order valence-corrected chi connectivity index (χ1v) is 8.84. The van der Waals surface area contributed by atoms with Gasteiger partial charge in [-0.2, -0.15) is 0 Å². The fourth-order valence-electron chi connectivity index (χ4n) is 2.34. The summed E-state index contributed by atoms with van der Waals surface area (Å²) in [6.07, 6.45) is 0. The highest BCUT2D eigenvalue weighted by Gasteiger charge is 2.13. The first kappa shape index (κ1) is 16.8. The largest absolute Gasteiger partial charge is 0.289 e. The molecule has 0 bridgehead atoms. The molecule has 118 valence electrons. The Labute approximate surface area is 156 Å². The second kappa shape index (κ2) is 7.24. The minimum atomic E-state index is -0.104. The topological polar surface area (TPSA) is 34.1 Å². The van der Waals surface area contributed by atoms with Crippen LogP contribution >= 0.6 is 31.9 Å². The van der Waals surface area contributed by atoms with Crippen molar-refractivity contribution < 1.29 is 9.59 Å². The first-order chi connectivity index (χ1) is 11.5. The monoisotopic (exact) mass is 442 g/mol. The summed E-state index contributed by atoms with van der Waals surface area (Å²) in [4.78, 5) is 25.2. The summed E-state index contributed by atoms with van der Waals surface area (Å²) >= 11 is 6.71. The van der Waals surface area contributed by atoms with Crippen LogP contribution in [-0.4, -0.2) is 11.6 Å². The van der Waals surface area contributed by atoms with E-state index in [1.165, 1.54) is 0 Å². The van der Waals surface area contributed by atoms with Gasteiger partial charge in [-0.15, -0.1) is 0 Å². The van der Waals surface area contributed by atoms with Crippen LogP contribution in [0.25, 0.3) is 0 Å². The van der Waals surface area contributed by atoms with E-state index in [9.17, 15) is 9.59 Å². The van der Waals surface area contributed by atoms with Crippen LogP contribution in [0, 0.1) is 0 Å². The fourth-order valence-corrected chi connectivity index (χ4v) is 2.87. The maximum Gasteiger partial charge on any atom is 0.193 e. The van der Waals surface area contributed by atoms with Crippen molar-refractivity contribution in [2.24, 2.45) is 0 Å². The van der Waals surface area contributed by atoms with Crippen LogP contribution in [-0.2, 0) is 0 Å². The molecule has 3 aromatic carbocycles. The van der Waals surface area contributed by atoms with E-state index in [2.05, 4.69) is 31.9 Å². The lowest BCUT2D eigenvalue weighted by Crippen LogP contribution is -2.05. The van der Waals surface area contributed by atoms with Crippen LogP contribution in [0.1, 0.15) is 31.8 Å². The molecule has 0 spiro atoms. The molecular formula is C20H12Br2O2. The number of carbonyl (C=O) groups excluding carboxylic acids is 2. The molecule has 4 heteroatoms. The Morgan fingerprint density at radius 2 is 0.917 bits per heavy atom. The van der Waals surface area contributed by atoms with Gasteiger partial charge in [-0.1, -0.05) is 50.1 Å². The number of carbonyl (C=O) groups is 2. The van der Waals surface area contributed by atoms with E-state index in [0.717, 1.165) is 8.95 Å². The zero-order valence-corrected chi connectivity index (χ0v) is 15.7. The van der Waals surface area contributed by atoms with Crippen molar-refractivity contribution >= 4 is 43.4 Å². The average Bonchev–Trinajstić information content (AvgIpc) is 2.62. The van der Waals surface area contributed by atoms with E-state index in [4.69, 9.17) is 0 Å². The summed E-state index contributed by atoms with van der Waals surface area (Å²) in [5, 5.41) is 0. The molecule has 0 atom stereocenters. The number of rotatable bonds is 4. The summed E-state index contributed by atoms with van der Waals surface area (Å²) in [5.41, 5.74) is 2.18. The molecule has 0 heterocycles. The van der Waals surface area contributed by atoms with Crippen LogP contribution in [0.15, 0.2) is 81.7 Å². The van der Waals surface area contributed by atoms with E-state index in [-0.39, 0.29) is 11.6 Å². The van der Waals surface area contributed by atoms with Crippen LogP contribution in [0.2, 0.25) is 0 Å². The zero-order valence-electron chi connectivity index (χ0n) is 12.5. The first-order valence-electron chi connectivity index (χ1n) is 7.25. The number of hydrogen-bond donors (Lipinski definition) is 0. The van der Waals surface area contributed by atoms with Crippen molar-refractivity contribution in [2.75, 3.05) is 0 Å². The van der Waals surface area contributed by atoms with Crippen molar-refractivity contribution in [2.45, 2.75) is 0 Å². The van der Waals surface area contributed by atoms with E-state index in [1.54, 1.807) is 48.5 Å². The lowest BCUT2D eigenvalue weighted by atomic mass is 9.97. The maximum atomic E-state index is 12.6. The van der Waals surface area contributed by atoms with E-state index < -0.39 is 0 Å². The Kier molecular flexibility index (Phi) is 5.07. The summed E-state index contributed by atoms with van der Waals surface area (Å²) < 4.78 is 1.83. The van der Waals surface area contributed by atoms with E-state index >= 15 is 0 Å². The van der Waals surface area contributed by atoms with Gasteiger partial charge >= 0.3 is 0 Å². The van der Waals surface area contributed by atoms with Crippen molar-refractivity contribution in [3.05, 3.63) is 104 Å². The summed E-state index contributed by atoms with van der Waals surface area (Å²) in [7, 11) is 0. The van der Waals surface area contributed by atoms with E-state index in [1.807, 2.05) is 24.3 Å². The second-order valence-corrected chi connectivity index (χ2v) is 7.08. The molecule has 0 amide bonds. The summed E-state index contributed by atoms with van der Waals surface area (Å²) in [6.45, 7) is 0. The molecule has 0 saturated carbocycles. The quantitative estimate of drug-likeness (QED) is 0.486. The van der Waals surface area contributed by atoms with Gasteiger partial charge in [-0.05, 0) is 54.6 Å². The Hall–Kier alpha value is -2.04. The summed E-state index contributed by atoms with van der Waals surface area (Å²) in [6, 6.07) is 21.2. The highest BCUT2D eigenvalue weighted by molar-refractivity contribution is 9.10. The highest BCUT2D eigenvalue weighted by atomic mass is 79.9. The Bertz CT molecular complexity index is 825. The second-order valence-electron chi connectivity index (χ2n) is 5.25. The molecule has 0 radical (unpaired) electrons. The molecule has 0 aliphatic carbocycles. The minimum absolute atomic E-state index is 0.104. The smallest absolute Gasteiger partial charge is 0.193 e. The molecule has 0 aliphatic rings. The van der Waals surface area contributed by atoms with Gasteiger partial charge in [-0.3, -0.25) is 9.59 Å². The van der Waals surface area contributed by atoms with Gasteiger partial charge in [0.25, 0.3) is 0 Å². The molecule has 24 heavy (non-hydrogen) atoms.